The number of hydrogen-bond acceptors (Lipinski definition) is 3. The van der Waals surface area contributed by atoms with Gasteiger partial charge in [0.2, 0.25) is 0 Å². The van der Waals surface area contributed by atoms with E-state index in [9.17, 15) is 8.42 Å². The first-order valence-corrected chi connectivity index (χ1v) is 10.6. The molecule has 3 nitrogen and oxygen atoms in total. The van der Waals surface area contributed by atoms with Gasteiger partial charge in [-0.05, 0) is 56.9 Å². The summed E-state index contributed by atoms with van der Waals surface area (Å²) in [5, 5.41) is 3.35. The summed E-state index contributed by atoms with van der Waals surface area (Å²) in [6.07, 6.45) is 11.2. The van der Waals surface area contributed by atoms with Gasteiger partial charge in [-0.3, -0.25) is 0 Å². The highest BCUT2D eigenvalue weighted by atomic mass is 32.2. The zero-order chi connectivity index (χ0) is 15.8. The van der Waals surface area contributed by atoms with Crippen LogP contribution in [0.15, 0.2) is 0 Å². The Hall–Kier alpha value is -0.0900. The first kappa shape index (κ1) is 19.0. The molecule has 1 saturated carbocycles. The number of rotatable bonds is 10. The van der Waals surface area contributed by atoms with Gasteiger partial charge in [0.1, 0.15) is 9.84 Å². The van der Waals surface area contributed by atoms with Gasteiger partial charge in [-0.1, -0.05) is 33.1 Å². The fourth-order valence-corrected chi connectivity index (χ4v) is 4.65. The van der Waals surface area contributed by atoms with E-state index in [-0.39, 0.29) is 5.75 Å². The van der Waals surface area contributed by atoms with Gasteiger partial charge >= 0.3 is 0 Å². The van der Waals surface area contributed by atoms with E-state index in [0.717, 1.165) is 25.3 Å². The second kappa shape index (κ2) is 9.14. The third-order valence-corrected chi connectivity index (χ3v) is 7.08. The van der Waals surface area contributed by atoms with Gasteiger partial charge < -0.3 is 5.32 Å². The van der Waals surface area contributed by atoms with Crippen LogP contribution < -0.4 is 5.32 Å². The molecule has 21 heavy (non-hydrogen) atoms. The van der Waals surface area contributed by atoms with Crippen LogP contribution in [-0.2, 0) is 9.84 Å². The summed E-state index contributed by atoms with van der Waals surface area (Å²) < 4.78 is 23.3. The highest BCUT2D eigenvalue weighted by molar-refractivity contribution is 7.91. The Morgan fingerprint density at radius 3 is 2.33 bits per heavy atom. The number of unbranched alkanes of at least 4 members (excludes halogenated alkanes) is 1. The molecule has 0 aliphatic heterocycles. The molecule has 4 heteroatoms. The Labute approximate surface area is 132 Å². The zero-order valence-electron chi connectivity index (χ0n) is 14.3. The van der Waals surface area contributed by atoms with Crippen LogP contribution >= 0.6 is 0 Å². The molecule has 0 unspecified atom stereocenters. The standard InChI is InChI=1S/C17H35NO2S/c1-4-6-8-16-9-12-17(13-10-16,15-18-3)11-7-14-21(19,20)5-2/h16,18H,4-15H2,1-3H3. The van der Waals surface area contributed by atoms with Crippen LogP contribution in [0.25, 0.3) is 0 Å². The van der Waals surface area contributed by atoms with E-state index in [1.54, 1.807) is 6.92 Å². The van der Waals surface area contributed by atoms with Crippen molar-refractivity contribution in [2.24, 2.45) is 11.3 Å². The van der Waals surface area contributed by atoms with Gasteiger partial charge in [0.15, 0.2) is 0 Å². The molecule has 1 fully saturated rings. The predicted molar refractivity (Wildman–Crippen MR) is 91.4 cm³/mol. The molecule has 0 aromatic rings. The number of nitrogens with one attached hydrogen (secondary N) is 1. The Morgan fingerprint density at radius 1 is 1.14 bits per heavy atom. The average molecular weight is 318 g/mol. The fourth-order valence-electron chi connectivity index (χ4n) is 3.77. The maximum absolute atomic E-state index is 11.7. The minimum atomic E-state index is -2.81. The lowest BCUT2D eigenvalue weighted by molar-refractivity contribution is 0.129. The van der Waals surface area contributed by atoms with Crippen LogP contribution in [0, 0.1) is 11.3 Å². The van der Waals surface area contributed by atoms with Gasteiger partial charge in [-0.15, -0.1) is 0 Å². The van der Waals surface area contributed by atoms with E-state index < -0.39 is 9.84 Å². The molecule has 0 radical (unpaired) electrons. The summed E-state index contributed by atoms with van der Waals surface area (Å²) in [5.74, 6) is 1.56. The maximum atomic E-state index is 11.7. The Balaban J connectivity index is 2.45. The molecule has 1 N–H and O–H groups in total. The summed E-state index contributed by atoms with van der Waals surface area (Å²) in [7, 11) is -0.784. The zero-order valence-corrected chi connectivity index (χ0v) is 15.1. The molecule has 0 heterocycles. The number of hydrogen-bond donors (Lipinski definition) is 1. The second-order valence-electron chi connectivity index (χ2n) is 6.96. The topological polar surface area (TPSA) is 46.2 Å². The number of sulfone groups is 1. The molecule has 1 aliphatic rings. The van der Waals surface area contributed by atoms with Crippen LogP contribution in [0.4, 0.5) is 0 Å². The van der Waals surface area contributed by atoms with Gasteiger partial charge in [0.25, 0.3) is 0 Å². The van der Waals surface area contributed by atoms with Crippen molar-refractivity contribution in [1.82, 2.24) is 5.32 Å². The fraction of sp³-hybridized carbons (Fsp3) is 1.00. The minimum absolute atomic E-state index is 0.283. The minimum Gasteiger partial charge on any atom is -0.319 e. The molecular weight excluding hydrogens is 282 g/mol. The van der Waals surface area contributed by atoms with Crippen LogP contribution in [0.3, 0.4) is 0 Å². The third-order valence-electron chi connectivity index (χ3n) is 5.29. The summed E-state index contributed by atoms with van der Waals surface area (Å²) in [5.41, 5.74) is 0.348. The molecule has 1 rings (SSSR count). The van der Waals surface area contributed by atoms with Crippen LogP contribution in [0.5, 0.6) is 0 Å². The molecular formula is C17H35NO2S. The smallest absolute Gasteiger partial charge is 0.150 e. The Morgan fingerprint density at radius 2 is 1.81 bits per heavy atom. The van der Waals surface area contributed by atoms with Crippen molar-refractivity contribution in [3.63, 3.8) is 0 Å². The van der Waals surface area contributed by atoms with Crippen LogP contribution in [0.1, 0.15) is 71.6 Å². The van der Waals surface area contributed by atoms with Crippen molar-refractivity contribution < 1.29 is 8.42 Å². The van der Waals surface area contributed by atoms with E-state index in [2.05, 4.69) is 12.2 Å². The molecule has 0 saturated heterocycles. The molecule has 0 spiro atoms. The monoisotopic (exact) mass is 317 g/mol. The molecule has 1 aliphatic carbocycles. The van der Waals surface area contributed by atoms with Crippen molar-refractivity contribution >= 4 is 9.84 Å². The second-order valence-corrected chi connectivity index (χ2v) is 9.43. The molecule has 0 amide bonds. The molecule has 0 atom stereocenters. The lowest BCUT2D eigenvalue weighted by atomic mass is 9.67. The quantitative estimate of drug-likeness (QED) is 0.667. The first-order chi connectivity index (χ1) is 9.97. The lowest BCUT2D eigenvalue weighted by Crippen LogP contribution is -2.37. The maximum Gasteiger partial charge on any atom is 0.150 e. The van der Waals surface area contributed by atoms with Gasteiger partial charge in [-0.25, -0.2) is 8.42 Å². The lowest BCUT2D eigenvalue weighted by Gasteiger charge is -2.40. The third kappa shape index (κ3) is 6.68. The summed E-state index contributed by atoms with van der Waals surface area (Å²) in [6, 6.07) is 0. The van der Waals surface area contributed by atoms with Crippen molar-refractivity contribution in [2.45, 2.75) is 71.6 Å². The highest BCUT2D eigenvalue weighted by Gasteiger charge is 2.34. The van der Waals surface area contributed by atoms with Gasteiger partial charge in [-0.2, -0.15) is 0 Å². The Kier molecular flexibility index (Phi) is 8.25. The van der Waals surface area contributed by atoms with Gasteiger partial charge in [0.05, 0.1) is 5.75 Å². The first-order valence-electron chi connectivity index (χ1n) is 8.82. The van der Waals surface area contributed by atoms with E-state index in [1.165, 1.54) is 44.9 Å². The van der Waals surface area contributed by atoms with E-state index in [4.69, 9.17) is 0 Å². The van der Waals surface area contributed by atoms with Gasteiger partial charge in [0, 0.05) is 12.3 Å². The normalized spacial score (nSPS) is 26.9. The Bertz CT molecular complexity index is 370. The summed E-state index contributed by atoms with van der Waals surface area (Å²) in [4.78, 5) is 0. The summed E-state index contributed by atoms with van der Waals surface area (Å²) in [6.45, 7) is 5.06. The van der Waals surface area contributed by atoms with E-state index >= 15 is 0 Å². The van der Waals surface area contributed by atoms with Crippen LogP contribution in [0.2, 0.25) is 0 Å². The molecule has 126 valence electrons. The van der Waals surface area contributed by atoms with E-state index in [1.807, 2.05) is 7.05 Å². The molecule has 0 aromatic carbocycles. The average Bonchev–Trinajstić information content (AvgIpc) is 2.47. The molecule has 0 aromatic heterocycles. The largest absolute Gasteiger partial charge is 0.319 e. The van der Waals surface area contributed by atoms with Crippen molar-refractivity contribution in [3.8, 4) is 0 Å². The van der Waals surface area contributed by atoms with Crippen LogP contribution in [-0.4, -0.2) is 33.5 Å². The summed E-state index contributed by atoms with van der Waals surface area (Å²) >= 11 is 0. The van der Waals surface area contributed by atoms with Crippen molar-refractivity contribution in [3.05, 3.63) is 0 Å². The van der Waals surface area contributed by atoms with Crippen molar-refractivity contribution in [2.75, 3.05) is 25.1 Å². The van der Waals surface area contributed by atoms with E-state index in [0.29, 0.717) is 11.2 Å². The predicted octanol–water partition coefficient (Wildman–Crippen LogP) is 3.79. The molecule has 0 bridgehead atoms. The SMILES string of the molecule is CCCCC1CCC(CCCS(=O)(=O)CC)(CNC)CC1. The highest BCUT2D eigenvalue weighted by Crippen LogP contribution is 2.43. The van der Waals surface area contributed by atoms with Crippen molar-refractivity contribution in [1.29, 1.82) is 0 Å².